The third-order valence-electron chi connectivity index (χ3n) is 3.72. The molecule has 5 heteroatoms. The number of halogens is 1. The lowest BCUT2D eigenvalue weighted by atomic mass is 10.1. The summed E-state index contributed by atoms with van der Waals surface area (Å²) in [5.41, 5.74) is 2.70. The van der Waals surface area contributed by atoms with Crippen LogP contribution in [0.25, 0.3) is 0 Å². The van der Waals surface area contributed by atoms with Gasteiger partial charge in [0, 0.05) is 16.8 Å². The number of aliphatic imine (C=N–C) groups is 1. The number of rotatable bonds is 5. The summed E-state index contributed by atoms with van der Waals surface area (Å²) in [6, 6.07) is 19.1. The lowest BCUT2D eigenvalue weighted by Crippen LogP contribution is -2.42. The number of hydrogen-bond acceptors (Lipinski definition) is 4. The Morgan fingerprint density at radius 1 is 1.04 bits per heavy atom. The fraction of sp³-hybridized carbons (Fsp3) is 0.278. The van der Waals surface area contributed by atoms with Crippen LogP contribution in [0.3, 0.4) is 0 Å². The number of nitrogens with zero attached hydrogens (tertiary/aromatic N) is 2. The molecule has 0 aromatic heterocycles. The van der Waals surface area contributed by atoms with Crippen LogP contribution in [0.1, 0.15) is 11.1 Å². The maximum absolute atomic E-state index is 4.64. The van der Waals surface area contributed by atoms with Crippen LogP contribution in [0.4, 0.5) is 0 Å². The van der Waals surface area contributed by atoms with Crippen LogP contribution in [0, 0.1) is 0 Å². The molecule has 23 heavy (non-hydrogen) atoms. The van der Waals surface area contributed by atoms with Crippen LogP contribution < -0.4 is 5.32 Å². The second-order valence-electron chi connectivity index (χ2n) is 5.48. The normalized spacial score (nSPS) is 15.1. The highest BCUT2D eigenvalue weighted by Gasteiger charge is 2.12. The molecule has 0 amide bonds. The summed E-state index contributed by atoms with van der Waals surface area (Å²) in [7, 11) is 0. The minimum Gasteiger partial charge on any atom is -0.352 e. The summed E-state index contributed by atoms with van der Waals surface area (Å²) >= 11 is 5.25. The first-order chi connectivity index (χ1) is 11.3. The average molecular weight is 390 g/mol. The van der Waals surface area contributed by atoms with E-state index >= 15 is 0 Å². The Morgan fingerprint density at radius 2 is 1.83 bits per heavy atom. The first-order valence-electron chi connectivity index (χ1n) is 7.71. The van der Waals surface area contributed by atoms with Crippen molar-refractivity contribution in [2.75, 3.05) is 19.9 Å². The highest BCUT2D eigenvalue weighted by Crippen LogP contribution is 2.15. The molecule has 0 aliphatic carbocycles. The van der Waals surface area contributed by atoms with Crippen LogP contribution in [0.5, 0.6) is 0 Å². The molecule has 0 atom stereocenters. The van der Waals surface area contributed by atoms with Gasteiger partial charge in [0.05, 0.1) is 13.3 Å². The number of thioether (sulfide) groups is 1. The second kappa shape index (κ2) is 8.52. The molecule has 3 rings (SSSR count). The van der Waals surface area contributed by atoms with E-state index in [-0.39, 0.29) is 0 Å². The minimum absolute atomic E-state index is 0.778. The zero-order valence-corrected chi connectivity index (χ0v) is 15.3. The van der Waals surface area contributed by atoms with Gasteiger partial charge in [0.15, 0.2) is 5.17 Å². The van der Waals surface area contributed by atoms with Crippen molar-refractivity contribution in [1.82, 2.24) is 10.2 Å². The largest absolute Gasteiger partial charge is 0.352 e. The summed E-state index contributed by atoms with van der Waals surface area (Å²) in [6.45, 7) is 2.67. The molecule has 1 aliphatic rings. The van der Waals surface area contributed by atoms with Crippen molar-refractivity contribution in [2.45, 2.75) is 12.2 Å². The molecular weight excluding hydrogens is 370 g/mol. The maximum Gasteiger partial charge on any atom is 0.159 e. The summed E-state index contributed by atoms with van der Waals surface area (Å²) in [5, 5.41) is 4.47. The molecule has 0 unspecified atom stereocenters. The number of nitrogens with one attached hydrogen (secondary N) is 1. The van der Waals surface area contributed by atoms with Crippen LogP contribution in [-0.4, -0.2) is 29.9 Å². The van der Waals surface area contributed by atoms with E-state index in [0.717, 1.165) is 41.7 Å². The van der Waals surface area contributed by atoms with Gasteiger partial charge in [-0.2, -0.15) is 0 Å². The molecule has 1 aliphatic heterocycles. The van der Waals surface area contributed by atoms with Gasteiger partial charge in [-0.25, -0.2) is 4.99 Å². The lowest BCUT2D eigenvalue weighted by Gasteiger charge is -2.26. The van der Waals surface area contributed by atoms with Gasteiger partial charge in [0.2, 0.25) is 0 Å². The van der Waals surface area contributed by atoms with E-state index in [2.05, 4.69) is 79.7 Å². The third-order valence-corrected chi connectivity index (χ3v) is 5.27. The summed E-state index contributed by atoms with van der Waals surface area (Å²) in [4.78, 5) is 6.97. The van der Waals surface area contributed by atoms with Gasteiger partial charge in [-0.15, -0.1) is 0 Å². The monoisotopic (exact) mass is 389 g/mol. The van der Waals surface area contributed by atoms with Gasteiger partial charge in [-0.05, 0) is 29.7 Å². The standard InChI is InChI=1S/C18H20BrN3S/c19-17-8-6-15(7-9-17)10-11-22-13-20-18(21-14-22)23-12-16-4-2-1-3-5-16/h1-9H,10-14H2,(H,20,21). The van der Waals surface area contributed by atoms with Crippen molar-refractivity contribution < 1.29 is 0 Å². The Hall–Kier alpha value is -1.30. The number of hydrogen-bond donors (Lipinski definition) is 1. The SMILES string of the molecule is Brc1ccc(CCN2CN=C(SCc3ccccc3)NC2)cc1. The molecule has 1 N–H and O–H groups in total. The van der Waals surface area contributed by atoms with E-state index in [1.54, 1.807) is 11.8 Å². The van der Waals surface area contributed by atoms with Gasteiger partial charge in [0.1, 0.15) is 0 Å². The third kappa shape index (κ3) is 5.37. The van der Waals surface area contributed by atoms with E-state index in [0.29, 0.717) is 0 Å². The summed E-state index contributed by atoms with van der Waals surface area (Å²) < 4.78 is 1.13. The summed E-state index contributed by atoms with van der Waals surface area (Å²) in [6.07, 6.45) is 1.05. The van der Waals surface area contributed by atoms with Crippen molar-refractivity contribution in [3.05, 3.63) is 70.2 Å². The lowest BCUT2D eigenvalue weighted by molar-refractivity contribution is 0.270. The van der Waals surface area contributed by atoms with E-state index < -0.39 is 0 Å². The molecule has 0 fully saturated rings. The molecule has 0 spiro atoms. The Kier molecular flexibility index (Phi) is 6.13. The maximum atomic E-state index is 4.64. The van der Waals surface area contributed by atoms with E-state index in [9.17, 15) is 0 Å². The fourth-order valence-electron chi connectivity index (χ4n) is 2.36. The van der Waals surface area contributed by atoms with Crippen molar-refractivity contribution in [1.29, 1.82) is 0 Å². The van der Waals surface area contributed by atoms with E-state index in [1.165, 1.54) is 11.1 Å². The van der Waals surface area contributed by atoms with Crippen LogP contribution in [0.2, 0.25) is 0 Å². The predicted octanol–water partition coefficient (Wildman–Crippen LogP) is 4.10. The summed E-state index contributed by atoms with van der Waals surface area (Å²) in [5.74, 6) is 0.964. The second-order valence-corrected chi connectivity index (χ2v) is 7.36. The Balaban J connectivity index is 1.42. The van der Waals surface area contributed by atoms with Gasteiger partial charge in [0.25, 0.3) is 0 Å². The van der Waals surface area contributed by atoms with Crippen LogP contribution in [-0.2, 0) is 12.2 Å². The molecular formula is C18H20BrN3S. The molecule has 0 radical (unpaired) electrons. The zero-order valence-electron chi connectivity index (χ0n) is 12.9. The molecule has 2 aromatic rings. The first kappa shape index (κ1) is 16.6. The highest BCUT2D eigenvalue weighted by molar-refractivity contribution is 9.10. The smallest absolute Gasteiger partial charge is 0.159 e. The molecule has 0 saturated carbocycles. The first-order valence-corrected chi connectivity index (χ1v) is 9.49. The topological polar surface area (TPSA) is 27.6 Å². The zero-order chi connectivity index (χ0) is 15.9. The predicted molar refractivity (Wildman–Crippen MR) is 103 cm³/mol. The quantitative estimate of drug-likeness (QED) is 0.833. The molecule has 3 nitrogen and oxygen atoms in total. The molecule has 0 saturated heterocycles. The van der Waals surface area contributed by atoms with Gasteiger partial charge in [-0.3, -0.25) is 4.90 Å². The molecule has 120 valence electrons. The van der Waals surface area contributed by atoms with Crippen LogP contribution >= 0.6 is 27.7 Å². The van der Waals surface area contributed by atoms with Gasteiger partial charge in [-0.1, -0.05) is 70.2 Å². The van der Waals surface area contributed by atoms with E-state index in [1.807, 2.05) is 6.07 Å². The highest BCUT2D eigenvalue weighted by atomic mass is 79.9. The Morgan fingerprint density at radius 3 is 2.52 bits per heavy atom. The van der Waals surface area contributed by atoms with Crippen molar-refractivity contribution >= 4 is 32.9 Å². The Bertz CT molecular complexity index is 643. The minimum atomic E-state index is 0.778. The van der Waals surface area contributed by atoms with Crippen LogP contribution in [0.15, 0.2) is 64.1 Å². The number of amidine groups is 1. The van der Waals surface area contributed by atoms with Gasteiger partial charge >= 0.3 is 0 Å². The fourth-order valence-corrected chi connectivity index (χ4v) is 3.44. The van der Waals surface area contributed by atoms with Crippen molar-refractivity contribution in [2.24, 2.45) is 4.99 Å². The van der Waals surface area contributed by atoms with Crippen molar-refractivity contribution in [3.8, 4) is 0 Å². The van der Waals surface area contributed by atoms with Gasteiger partial charge < -0.3 is 5.32 Å². The molecule has 0 bridgehead atoms. The number of benzene rings is 2. The molecule has 1 heterocycles. The Labute approximate surface area is 150 Å². The molecule has 2 aromatic carbocycles. The van der Waals surface area contributed by atoms with E-state index in [4.69, 9.17) is 0 Å². The average Bonchev–Trinajstić information content (AvgIpc) is 2.61. The van der Waals surface area contributed by atoms with Crippen molar-refractivity contribution in [3.63, 3.8) is 0 Å².